The molecule has 6 heteroatoms. The molecule has 2 aromatic rings. The Labute approximate surface area is 123 Å². The number of nitrogen functional groups attached to an aromatic ring is 1. The molecule has 0 fully saturated rings. The van der Waals surface area contributed by atoms with Crippen LogP contribution in [0.3, 0.4) is 0 Å². The number of hydrogen-bond acceptors (Lipinski definition) is 3. The summed E-state index contributed by atoms with van der Waals surface area (Å²) in [5.41, 5.74) is 6.73. The number of nitrogens with one attached hydrogen (secondary N) is 1. The van der Waals surface area contributed by atoms with Gasteiger partial charge in [0.2, 0.25) is 10.0 Å². The third-order valence-electron chi connectivity index (χ3n) is 2.89. The average Bonchev–Trinajstić information content (AvgIpc) is 2.38. The number of rotatable bonds is 4. The van der Waals surface area contributed by atoms with Crippen molar-refractivity contribution in [2.24, 2.45) is 0 Å². The van der Waals surface area contributed by atoms with Crippen molar-refractivity contribution in [2.75, 3.05) is 5.73 Å². The summed E-state index contributed by atoms with van der Waals surface area (Å²) < 4.78 is 27.2. The van der Waals surface area contributed by atoms with E-state index in [0.29, 0.717) is 5.02 Å². The Bertz CT molecular complexity index is 702. The molecule has 0 radical (unpaired) electrons. The summed E-state index contributed by atoms with van der Waals surface area (Å²) in [6, 6.07) is 13.3. The van der Waals surface area contributed by atoms with E-state index in [4.69, 9.17) is 17.3 Å². The molecule has 0 bridgehead atoms. The predicted octanol–water partition coefficient (Wildman–Crippen LogP) is 2.96. The van der Waals surface area contributed by atoms with E-state index in [1.54, 1.807) is 6.92 Å². The molecule has 0 saturated carbocycles. The van der Waals surface area contributed by atoms with Crippen molar-refractivity contribution >= 4 is 27.3 Å². The molecule has 0 aliphatic heterocycles. The Balaban J connectivity index is 2.28. The van der Waals surface area contributed by atoms with Gasteiger partial charge in [0.15, 0.2) is 0 Å². The van der Waals surface area contributed by atoms with Crippen molar-refractivity contribution in [3.05, 3.63) is 59.1 Å². The molecule has 0 aliphatic rings. The van der Waals surface area contributed by atoms with Crippen LogP contribution < -0.4 is 10.5 Å². The van der Waals surface area contributed by atoms with Crippen molar-refractivity contribution < 1.29 is 8.42 Å². The molecule has 0 amide bonds. The molecular weight excluding hydrogens is 296 g/mol. The van der Waals surface area contributed by atoms with Gasteiger partial charge in [0, 0.05) is 11.1 Å². The molecular formula is C14H15ClN2O2S. The van der Waals surface area contributed by atoms with Crippen molar-refractivity contribution in [3.63, 3.8) is 0 Å². The topological polar surface area (TPSA) is 72.2 Å². The van der Waals surface area contributed by atoms with Crippen LogP contribution in [0.5, 0.6) is 0 Å². The molecule has 4 nitrogen and oxygen atoms in total. The SMILES string of the molecule is CC(NS(=O)(=O)c1ccc(Cl)cc1N)c1ccccc1. The lowest BCUT2D eigenvalue weighted by Crippen LogP contribution is -2.27. The molecule has 2 aromatic carbocycles. The fourth-order valence-corrected chi connectivity index (χ4v) is 3.40. The minimum atomic E-state index is -3.69. The largest absolute Gasteiger partial charge is 0.398 e. The fraction of sp³-hybridized carbons (Fsp3) is 0.143. The third-order valence-corrected chi connectivity index (χ3v) is 4.74. The van der Waals surface area contributed by atoms with Gasteiger partial charge >= 0.3 is 0 Å². The Morgan fingerprint density at radius 3 is 2.40 bits per heavy atom. The monoisotopic (exact) mass is 310 g/mol. The summed E-state index contributed by atoms with van der Waals surface area (Å²) in [4.78, 5) is 0.0321. The standard InChI is InChI=1S/C14H15ClN2O2S/c1-10(11-5-3-2-4-6-11)17-20(18,19)14-8-7-12(15)9-13(14)16/h2-10,17H,16H2,1H3. The highest BCUT2D eigenvalue weighted by Crippen LogP contribution is 2.24. The zero-order chi connectivity index (χ0) is 14.8. The second-order valence-corrected chi connectivity index (χ2v) is 6.55. The molecule has 1 unspecified atom stereocenters. The first kappa shape index (κ1) is 14.8. The van der Waals surface area contributed by atoms with E-state index in [9.17, 15) is 8.42 Å². The highest BCUT2D eigenvalue weighted by Gasteiger charge is 2.20. The molecule has 106 valence electrons. The van der Waals surface area contributed by atoms with Crippen molar-refractivity contribution in [1.29, 1.82) is 0 Å². The second kappa shape index (κ2) is 5.83. The van der Waals surface area contributed by atoms with Crippen LogP contribution in [0.15, 0.2) is 53.4 Å². The highest BCUT2D eigenvalue weighted by molar-refractivity contribution is 7.89. The number of sulfonamides is 1. The molecule has 0 spiro atoms. The number of halogens is 1. The summed E-state index contributed by atoms with van der Waals surface area (Å²) in [5, 5.41) is 0.401. The van der Waals surface area contributed by atoms with Gasteiger partial charge in [-0.2, -0.15) is 0 Å². The number of benzene rings is 2. The first-order valence-electron chi connectivity index (χ1n) is 6.02. The molecule has 2 rings (SSSR count). The average molecular weight is 311 g/mol. The number of anilines is 1. The summed E-state index contributed by atoms with van der Waals surface area (Å²) in [5.74, 6) is 0. The Morgan fingerprint density at radius 1 is 1.15 bits per heavy atom. The van der Waals surface area contributed by atoms with E-state index in [1.807, 2.05) is 30.3 Å². The molecule has 0 aromatic heterocycles. The highest BCUT2D eigenvalue weighted by atomic mass is 35.5. The summed E-state index contributed by atoms with van der Waals surface area (Å²) in [6.07, 6.45) is 0. The van der Waals surface area contributed by atoms with Gasteiger partial charge in [-0.05, 0) is 30.7 Å². The zero-order valence-electron chi connectivity index (χ0n) is 10.9. The fourth-order valence-electron chi connectivity index (χ4n) is 1.87. The molecule has 0 heterocycles. The van der Waals surface area contributed by atoms with Crippen molar-refractivity contribution in [3.8, 4) is 0 Å². The lowest BCUT2D eigenvalue weighted by molar-refractivity contribution is 0.567. The number of hydrogen-bond donors (Lipinski definition) is 2. The van der Waals surface area contributed by atoms with Gasteiger partial charge in [0.05, 0.1) is 5.69 Å². The predicted molar refractivity (Wildman–Crippen MR) is 81.0 cm³/mol. The Kier molecular flexibility index (Phi) is 4.32. The minimum Gasteiger partial charge on any atom is -0.398 e. The van der Waals surface area contributed by atoms with Gasteiger partial charge in [-0.25, -0.2) is 13.1 Å². The van der Waals surface area contributed by atoms with Crippen LogP contribution in [-0.4, -0.2) is 8.42 Å². The lowest BCUT2D eigenvalue weighted by atomic mass is 10.1. The van der Waals surface area contributed by atoms with Crippen LogP contribution in [0.2, 0.25) is 5.02 Å². The molecule has 20 heavy (non-hydrogen) atoms. The van der Waals surface area contributed by atoms with Gasteiger partial charge < -0.3 is 5.73 Å². The van der Waals surface area contributed by atoms with Gasteiger partial charge in [0.25, 0.3) is 0 Å². The molecule has 0 aliphatic carbocycles. The summed E-state index contributed by atoms with van der Waals surface area (Å²) >= 11 is 5.77. The molecule has 0 saturated heterocycles. The van der Waals surface area contributed by atoms with Crippen LogP contribution in [0.1, 0.15) is 18.5 Å². The van der Waals surface area contributed by atoms with Crippen LogP contribution in [0.25, 0.3) is 0 Å². The van der Waals surface area contributed by atoms with E-state index in [0.717, 1.165) is 5.56 Å². The Morgan fingerprint density at radius 2 is 1.80 bits per heavy atom. The quantitative estimate of drug-likeness (QED) is 0.853. The van der Waals surface area contributed by atoms with E-state index in [-0.39, 0.29) is 16.6 Å². The molecule has 1 atom stereocenters. The van der Waals surface area contributed by atoms with Crippen LogP contribution in [-0.2, 0) is 10.0 Å². The maximum absolute atomic E-state index is 12.3. The first-order chi connectivity index (χ1) is 9.40. The van der Waals surface area contributed by atoms with Gasteiger partial charge in [-0.15, -0.1) is 0 Å². The van der Waals surface area contributed by atoms with Gasteiger partial charge in [-0.3, -0.25) is 0 Å². The maximum Gasteiger partial charge on any atom is 0.243 e. The van der Waals surface area contributed by atoms with Crippen molar-refractivity contribution in [2.45, 2.75) is 17.9 Å². The Hall–Kier alpha value is -1.56. The van der Waals surface area contributed by atoms with Gasteiger partial charge in [-0.1, -0.05) is 41.9 Å². The van der Waals surface area contributed by atoms with E-state index in [1.165, 1.54) is 18.2 Å². The first-order valence-corrected chi connectivity index (χ1v) is 7.88. The van der Waals surface area contributed by atoms with Crippen LogP contribution in [0.4, 0.5) is 5.69 Å². The van der Waals surface area contributed by atoms with E-state index < -0.39 is 10.0 Å². The summed E-state index contributed by atoms with van der Waals surface area (Å²) in [7, 11) is -3.69. The second-order valence-electron chi connectivity index (χ2n) is 4.44. The zero-order valence-corrected chi connectivity index (χ0v) is 12.4. The molecule has 3 N–H and O–H groups in total. The summed E-state index contributed by atoms with van der Waals surface area (Å²) in [6.45, 7) is 1.78. The smallest absolute Gasteiger partial charge is 0.243 e. The van der Waals surface area contributed by atoms with Gasteiger partial charge in [0.1, 0.15) is 4.90 Å². The number of nitrogens with two attached hydrogens (primary N) is 1. The lowest BCUT2D eigenvalue weighted by Gasteiger charge is -2.15. The van der Waals surface area contributed by atoms with E-state index in [2.05, 4.69) is 4.72 Å². The van der Waals surface area contributed by atoms with E-state index >= 15 is 0 Å². The van der Waals surface area contributed by atoms with Crippen molar-refractivity contribution in [1.82, 2.24) is 4.72 Å². The minimum absolute atomic E-state index is 0.0321. The van der Waals surface area contributed by atoms with Crippen LogP contribution in [0, 0.1) is 0 Å². The van der Waals surface area contributed by atoms with Crippen LogP contribution >= 0.6 is 11.6 Å². The third kappa shape index (κ3) is 3.30. The maximum atomic E-state index is 12.3. The normalized spacial score (nSPS) is 13.1.